The molecule has 0 aliphatic carbocycles. The van der Waals surface area contributed by atoms with Gasteiger partial charge in [-0.3, -0.25) is 29.6 Å². The lowest BCUT2D eigenvalue weighted by atomic mass is 10.1. The first-order chi connectivity index (χ1) is 14.8. The predicted molar refractivity (Wildman–Crippen MR) is 112 cm³/mol. The first-order valence-electron chi connectivity index (χ1n) is 10.0. The summed E-state index contributed by atoms with van der Waals surface area (Å²) in [5.41, 5.74) is 4.80. The van der Waals surface area contributed by atoms with Crippen LogP contribution in [0.5, 0.6) is 0 Å². The lowest BCUT2D eigenvalue weighted by molar-refractivity contribution is -0.152. The molecule has 0 bridgehead atoms. The lowest BCUT2D eigenvalue weighted by Crippen LogP contribution is -2.43. The molecule has 3 rings (SSSR count). The predicted octanol–water partition coefficient (Wildman–Crippen LogP) is 1.91. The zero-order chi connectivity index (χ0) is 22.4. The van der Waals surface area contributed by atoms with Crippen LogP contribution in [0.25, 0.3) is 0 Å². The van der Waals surface area contributed by atoms with Crippen molar-refractivity contribution in [2.75, 3.05) is 13.2 Å². The van der Waals surface area contributed by atoms with E-state index >= 15 is 0 Å². The molecule has 0 aromatic heterocycles. The van der Waals surface area contributed by atoms with E-state index in [1.807, 2.05) is 50.2 Å². The Bertz CT molecular complexity index is 976. The van der Waals surface area contributed by atoms with Gasteiger partial charge in [-0.1, -0.05) is 48.0 Å². The molecular formula is C23H25N3O5. The molecule has 0 radical (unpaired) electrons. The fraction of sp³-hybridized carbons (Fsp3) is 0.304. The summed E-state index contributed by atoms with van der Waals surface area (Å²) in [6.45, 7) is 3.26. The number of esters is 1. The van der Waals surface area contributed by atoms with Crippen LogP contribution in [0.1, 0.15) is 40.9 Å². The van der Waals surface area contributed by atoms with Crippen LogP contribution in [-0.4, -0.2) is 41.9 Å². The Morgan fingerprint density at radius 2 is 1.87 bits per heavy atom. The van der Waals surface area contributed by atoms with Gasteiger partial charge in [-0.2, -0.15) is 0 Å². The van der Waals surface area contributed by atoms with Crippen LogP contribution < -0.4 is 10.7 Å². The second-order valence-electron chi connectivity index (χ2n) is 7.52. The molecule has 2 aromatic carbocycles. The highest BCUT2D eigenvalue weighted by atomic mass is 16.5. The molecule has 1 aliphatic rings. The van der Waals surface area contributed by atoms with E-state index in [0.29, 0.717) is 5.56 Å². The number of rotatable bonds is 7. The largest absolute Gasteiger partial charge is 0.455 e. The van der Waals surface area contributed by atoms with E-state index in [1.165, 1.54) is 0 Å². The van der Waals surface area contributed by atoms with Crippen LogP contribution in [0, 0.1) is 12.8 Å². The van der Waals surface area contributed by atoms with Crippen LogP contribution >= 0.6 is 0 Å². The summed E-state index contributed by atoms with van der Waals surface area (Å²) in [6, 6.07) is 16.1. The Hall–Kier alpha value is -3.68. The van der Waals surface area contributed by atoms with Crippen LogP contribution in [0.4, 0.5) is 0 Å². The monoisotopic (exact) mass is 423 g/mol. The number of nitrogens with zero attached hydrogens (tertiary/aromatic N) is 1. The summed E-state index contributed by atoms with van der Waals surface area (Å²) in [5.74, 6) is -2.64. The average Bonchev–Trinajstić information content (AvgIpc) is 3.13. The molecule has 0 unspecified atom stereocenters. The third-order valence-electron chi connectivity index (χ3n) is 5.00. The number of carbonyl (C=O) groups excluding carboxylic acids is 4. The van der Waals surface area contributed by atoms with Gasteiger partial charge >= 0.3 is 5.97 Å². The van der Waals surface area contributed by atoms with E-state index in [-0.39, 0.29) is 24.9 Å². The maximum Gasteiger partial charge on any atom is 0.311 e. The third kappa shape index (κ3) is 5.91. The summed E-state index contributed by atoms with van der Waals surface area (Å²) in [4.78, 5) is 48.9. The highest BCUT2D eigenvalue weighted by Crippen LogP contribution is 2.18. The number of carbonyl (C=O) groups is 4. The van der Waals surface area contributed by atoms with Crippen molar-refractivity contribution in [3.63, 3.8) is 0 Å². The number of ether oxygens (including phenoxy) is 1. The SMILES string of the molecule is Cc1cccc(C(=O)NN2C[C@@H](C(=O)OCC(=O)N[C@H](C)c3ccccc3)CC2=O)c1. The molecule has 8 nitrogen and oxygen atoms in total. The summed E-state index contributed by atoms with van der Waals surface area (Å²) < 4.78 is 5.08. The van der Waals surface area contributed by atoms with Gasteiger partial charge < -0.3 is 10.1 Å². The fourth-order valence-electron chi connectivity index (χ4n) is 3.31. The van der Waals surface area contributed by atoms with Gasteiger partial charge in [0.05, 0.1) is 18.5 Å². The van der Waals surface area contributed by atoms with Crippen molar-refractivity contribution in [1.82, 2.24) is 15.8 Å². The molecule has 1 heterocycles. The summed E-state index contributed by atoms with van der Waals surface area (Å²) >= 11 is 0. The molecular weight excluding hydrogens is 398 g/mol. The van der Waals surface area contributed by atoms with Gasteiger partial charge in [-0.05, 0) is 31.5 Å². The van der Waals surface area contributed by atoms with E-state index in [1.54, 1.807) is 18.2 Å². The zero-order valence-corrected chi connectivity index (χ0v) is 17.5. The van der Waals surface area contributed by atoms with Gasteiger partial charge in [0.25, 0.3) is 11.8 Å². The molecule has 8 heteroatoms. The van der Waals surface area contributed by atoms with Crippen molar-refractivity contribution in [3.05, 3.63) is 71.3 Å². The minimum Gasteiger partial charge on any atom is -0.455 e. The first kappa shape index (κ1) is 22.0. The highest BCUT2D eigenvalue weighted by molar-refractivity contribution is 5.96. The zero-order valence-electron chi connectivity index (χ0n) is 17.5. The van der Waals surface area contributed by atoms with E-state index in [0.717, 1.165) is 16.1 Å². The third-order valence-corrected chi connectivity index (χ3v) is 5.00. The minimum atomic E-state index is -0.746. The number of aryl methyl sites for hydroxylation is 1. The Labute approximate surface area is 180 Å². The van der Waals surface area contributed by atoms with Crippen molar-refractivity contribution in [1.29, 1.82) is 0 Å². The normalized spacial score (nSPS) is 16.5. The molecule has 1 saturated heterocycles. The van der Waals surface area contributed by atoms with E-state index in [2.05, 4.69) is 10.7 Å². The Balaban J connectivity index is 1.46. The number of nitrogens with one attached hydrogen (secondary N) is 2. The van der Waals surface area contributed by atoms with Crippen molar-refractivity contribution >= 4 is 23.7 Å². The number of hydrogen-bond donors (Lipinski definition) is 2. The molecule has 1 fully saturated rings. The molecule has 31 heavy (non-hydrogen) atoms. The number of hydrazine groups is 1. The number of amides is 3. The molecule has 2 N–H and O–H groups in total. The fourth-order valence-corrected chi connectivity index (χ4v) is 3.31. The maximum absolute atomic E-state index is 12.3. The molecule has 0 saturated carbocycles. The van der Waals surface area contributed by atoms with Crippen molar-refractivity contribution in [3.8, 4) is 0 Å². The van der Waals surface area contributed by atoms with Crippen LogP contribution in [0.3, 0.4) is 0 Å². The molecule has 1 aliphatic heterocycles. The Kier molecular flexibility index (Phi) is 7.02. The van der Waals surface area contributed by atoms with Crippen LogP contribution in [0.15, 0.2) is 54.6 Å². The van der Waals surface area contributed by atoms with Crippen molar-refractivity contribution in [2.24, 2.45) is 5.92 Å². The van der Waals surface area contributed by atoms with Gasteiger partial charge in [-0.15, -0.1) is 0 Å². The van der Waals surface area contributed by atoms with E-state index < -0.39 is 30.3 Å². The molecule has 2 atom stereocenters. The quantitative estimate of drug-likeness (QED) is 0.662. The van der Waals surface area contributed by atoms with Gasteiger partial charge in [0.1, 0.15) is 0 Å². The van der Waals surface area contributed by atoms with E-state index in [4.69, 9.17) is 4.74 Å². The lowest BCUT2D eigenvalue weighted by Gasteiger charge is -2.18. The topological polar surface area (TPSA) is 105 Å². The van der Waals surface area contributed by atoms with Crippen LogP contribution in [0.2, 0.25) is 0 Å². The first-order valence-corrected chi connectivity index (χ1v) is 10.0. The number of hydrogen-bond acceptors (Lipinski definition) is 5. The van der Waals surface area contributed by atoms with Crippen molar-refractivity contribution in [2.45, 2.75) is 26.3 Å². The summed E-state index contributed by atoms with van der Waals surface area (Å²) in [7, 11) is 0. The highest BCUT2D eigenvalue weighted by Gasteiger charge is 2.36. The average molecular weight is 423 g/mol. The summed E-state index contributed by atoms with van der Waals surface area (Å²) in [5, 5.41) is 3.88. The van der Waals surface area contributed by atoms with Gasteiger partial charge in [0.2, 0.25) is 5.91 Å². The Morgan fingerprint density at radius 1 is 1.13 bits per heavy atom. The smallest absolute Gasteiger partial charge is 0.311 e. The molecule has 0 spiro atoms. The van der Waals surface area contributed by atoms with Gasteiger partial charge in [0, 0.05) is 12.0 Å². The second-order valence-corrected chi connectivity index (χ2v) is 7.52. The summed E-state index contributed by atoms with van der Waals surface area (Å²) in [6.07, 6.45) is -0.0883. The van der Waals surface area contributed by atoms with Crippen molar-refractivity contribution < 1.29 is 23.9 Å². The molecule has 162 valence electrons. The Morgan fingerprint density at radius 3 is 2.58 bits per heavy atom. The maximum atomic E-state index is 12.3. The van der Waals surface area contributed by atoms with E-state index in [9.17, 15) is 19.2 Å². The molecule has 3 amide bonds. The standard InChI is InChI=1S/C23H25N3O5/c1-15-7-6-10-18(11-15)22(29)25-26-13-19(12-21(26)28)23(30)31-14-20(27)24-16(2)17-8-4-3-5-9-17/h3-11,16,19H,12-14H2,1-2H3,(H,24,27)(H,25,29)/t16-,19+/m1/s1. The van der Waals surface area contributed by atoms with Gasteiger partial charge in [0.15, 0.2) is 6.61 Å². The molecule has 2 aromatic rings. The van der Waals surface area contributed by atoms with Crippen LogP contribution in [-0.2, 0) is 19.1 Å². The number of benzene rings is 2. The van der Waals surface area contributed by atoms with Gasteiger partial charge in [-0.25, -0.2) is 0 Å². The second kappa shape index (κ2) is 9.88. The minimum absolute atomic E-state index is 0.00272.